The number of H-pyrrole nitrogens is 1. The molecule has 6 heteroatoms. The fourth-order valence-electron chi connectivity index (χ4n) is 1.84. The van der Waals surface area contributed by atoms with Crippen LogP contribution in [-0.4, -0.2) is 27.0 Å². The minimum Gasteiger partial charge on any atom is -0.352 e. The van der Waals surface area contributed by atoms with Crippen LogP contribution in [-0.2, 0) is 7.05 Å². The average Bonchev–Trinajstić information content (AvgIpc) is 2.70. The number of rotatable bonds is 4. The molecule has 0 radical (unpaired) electrons. The Kier molecular flexibility index (Phi) is 3.45. The van der Waals surface area contributed by atoms with Crippen molar-refractivity contribution in [1.29, 1.82) is 0 Å². The molecule has 96 valence electrons. The first-order valence-corrected chi connectivity index (χ1v) is 5.96. The van der Waals surface area contributed by atoms with E-state index in [1.807, 2.05) is 0 Å². The van der Waals surface area contributed by atoms with E-state index >= 15 is 0 Å². The normalized spacial score (nSPS) is 10.8. The summed E-state index contributed by atoms with van der Waals surface area (Å²) in [5.74, 6) is -0.233. The number of nitrogens with zero attached hydrogens (tertiary/aromatic N) is 2. The summed E-state index contributed by atoms with van der Waals surface area (Å²) in [7, 11) is 1.79. The number of unbranched alkanes of at least 4 members (excludes halogenated alkanes) is 1. The van der Waals surface area contributed by atoms with Gasteiger partial charge in [-0.05, 0) is 6.42 Å². The molecular weight excluding hydrogens is 232 g/mol. The van der Waals surface area contributed by atoms with Gasteiger partial charge in [0.15, 0.2) is 5.65 Å². The smallest absolute Gasteiger partial charge is 0.253 e. The lowest BCUT2D eigenvalue weighted by Gasteiger charge is -2.06. The molecule has 2 N–H and O–H groups in total. The minimum absolute atomic E-state index is 0.233. The van der Waals surface area contributed by atoms with E-state index in [4.69, 9.17) is 0 Å². The van der Waals surface area contributed by atoms with Gasteiger partial charge < -0.3 is 14.9 Å². The number of carbonyl (C=O) groups is 1. The van der Waals surface area contributed by atoms with Crippen molar-refractivity contribution in [2.24, 2.45) is 7.05 Å². The SMILES string of the molecule is CCCCNC(=O)c1cc(=O)[nH]c2ncn(C)c12. The lowest BCUT2D eigenvalue weighted by molar-refractivity contribution is 0.0954. The Morgan fingerprint density at radius 2 is 2.33 bits per heavy atom. The Labute approximate surface area is 104 Å². The second kappa shape index (κ2) is 5.03. The van der Waals surface area contributed by atoms with Crippen LogP contribution in [0.2, 0.25) is 0 Å². The van der Waals surface area contributed by atoms with E-state index in [1.165, 1.54) is 6.07 Å². The summed E-state index contributed by atoms with van der Waals surface area (Å²) in [5, 5.41) is 2.80. The van der Waals surface area contributed by atoms with Gasteiger partial charge in [0.25, 0.3) is 5.91 Å². The summed E-state index contributed by atoms with van der Waals surface area (Å²) in [6.45, 7) is 2.67. The summed E-state index contributed by atoms with van der Waals surface area (Å²) >= 11 is 0. The Bertz CT molecular complexity index is 627. The number of hydrogen-bond donors (Lipinski definition) is 2. The zero-order chi connectivity index (χ0) is 13.1. The van der Waals surface area contributed by atoms with Gasteiger partial charge in [0.05, 0.1) is 17.4 Å². The zero-order valence-electron chi connectivity index (χ0n) is 10.5. The van der Waals surface area contributed by atoms with E-state index in [2.05, 4.69) is 22.2 Å². The van der Waals surface area contributed by atoms with Crippen LogP contribution in [0.25, 0.3) is 11.2 Å². The highest BCUT2D eigenvalue weighted by Crippen LogP contribution is 2.12. The Morgan fingerprint density at radius 1 is 1.56 bits per heavy atom. The maximum atomic E-state index is 12.0. The van der Waals surface area contributed by atoms with Crippen molar-refractivity contribution in [3.63, 3.8) is 0 Å². The predicted octanol–water partition coefficient (Wildman–Crippen LogP) is 0.791. The number of hydrogen-bond acceptors (Lipinski definition) is 3. The summed E-state index contributed by atoms with van der Waals surface area (Å²) in [4.78, 5) is 30.1. The van der Waals surface area contributed by atoms with E-state index in [9.17, 15) is 9.59 Å². The Balaban J connectivity index is 2.39. The van der Waals surface area contributed by atoms with Gasteiger partial charge in [-0.2, -0.15) is 0 Å². The zero-order valence-corrected chi connectivity index (χ0v) is 10.5. The second-order valence-corrected chi connectivity index (χ2v) is 4.21. The van der Waals surface area contributed by atoms with E-state index in [1.54, 1.807) is 17.9 Å². The number of pyridine rings is 1. The van der Waals surface area contributed by atoms with Crippen LogP contribution in [0.1, 0.15) is 30.1 Å². The first kappa shape index (κ1) is 12.3. The number of aryl methyl sites for hydroxylation is 1. The van der Waals surface area contributed by atoms with Gasteiger partial charge in [-0.1, -0.05) is 13.3 Å². The summed E-state index contributed by atoms with van der Waals surface area (Å²) < 4.78 is 1.72. The Hall–Kier alpha value is -2.11. The molecule has 2 heterocycles. The fourth-order valence-corrected chi connectivity index (χ4v) is 1.84. The molecule has 0 spiro atoms. The Morgan fingerprint density at radius 3 is 3.06 bits per heavy atom. The van der Waals surface area contributed by atoms with E-state index < -0.39 is 0 Å². The molecule has 0 bridgehead atoms. The van der Waals surface area contributed by atoms with Gasteiger partial charge in [0.1, 0.15) is 0 Å². The highest BCUT2D eigenvalue weighted by Gasteiger charge is 2.14. The molecule has 2 rings (SSSR count). The number of carbonyl (C=O) groups excluding carboxylic acids is 1. The first-order chi connectivity index (χ1) is 8.63. The molecule has 0 atom stereocenters. The van der Waals surface area contributed by atoms with E-state index in [0.717, 1.165) is 12.8 Å². The molecule has 0 saturated heterocycles. The standard InChI is InChI=1S/C12H16N4O2/c1-3-4-5-13-12(18)8-6-9(17)15-11-10(8)16(2)7-14-11/h6-7H,3-5H2,1-2H3,(H,13,18)(H,15,17). The van der Waals surface area contributed by atoms with Gasteiger partial charge in [0.2, 0.25) is 5.56 Å². The number of aromatic amines is 1. The number of nitrogens with one attached hydrogen (secondary N) is 2. The molecule has 6 nitrogen and oxygen atoms in total. The third-order valence-electron chi connectivity index (χ3n) is 2.77. The number of amides is 1. The average molecular weight is 248 g/mol. The van der Waals surface area contributed by atoms with Crippen molar-refractivity contribution in [3.8, 4) is 0 Å². The van der Waals surface area contributed by atoms with Gasteiger partial charge in [-0.25, -0.2) is 4.98 Å². The lowest BCUT2D eigenvalue weighted by atomic mass is 10.2. The van der Waals surface area contributed by atoms with Crippen molar-refractivity contribution >= 4 is 17.1 Å². The number of fused-ring (bicyclic) bond motifs is 1. The minimum atomic E-state index is -0.318. The molecule has 18 heavy (non-hydrogen) atoms. The second-order valence-electron chi connectivity index (χ2n) is 4.21. The molecule has 2 aromatic heterocycles. The third kappa shape index (κ3) is 2.27. The van der Waals surface area contributed by atoms with Crippen LogP contribution in [0.3, 0.4) is 0 Å². The fraction of sp³-hybridized carbons (Fsp3) is 0.417. The molecule has 0 aliphatic heterocycles. The van der Waals surface area contributed by atoms with Crippen molar-refractivity contribution < 1.29 is 4.79 Å². The highest BCUT2D eigenvalue weighted by atomic mass is 16.2. The topological polar surface area (TPSA) is 79.8 Å². The molecule has 0 aliphatic rings. The van der Waals surface area contributed by atoms with E-state index in [0.29, 0.717) is 23.3 Å². The molecule has 1 amide bonds. The molecule has 0 aromatic carbocycles. The first-order valence-electron chi connectivity index (χ1n) is 5.96. The molecule has 0 aliphatic carbocycles. The van der Waals surface area contributed by atoms with Crippen LogP contribution in [0.4, 0.5) is 0 Å². The van der Waals surface area contributed by atoms with Crippen LogP contribution in [0, 0.1) is 0 Å². The summed E-state index contributed by atoms with van der Waals surface area (Å²) in [6.07, 6.45) is 3.50. The van der Waals surface area contributed by atoms with Gasteiger partial charge in [-0.3, -0.25) is 9.59 Å². The molecule has 2 aromatic rings. The third-order valence-corrected chi connectivity index (χ3v) is 2.77. The van der Waals surface area contributed by atoms with Crippen LogP contribution in [0.15, 0.2) is 17.2 Å². The summed E-state index contributed by atoms with van der Waals surface area (Å²) in [6, 6.07) is 1.31. The van der Waals surface area contributed by atoms with Crippen molar-refractivity contribution in [3.05, 3.63) is 28.3 Å². The lowest BCUT2D eigenvalue weighted by Crippen LogP contribution is -2.26. The van der Waals surface area contributed by atoms with Gasteiger partial charge >= 0.3 is 0 Å². The highest BCUT2D eigenvalue weighted by molar-refractivity contribution is 6.04. The number of aromatic nitrogens is 3. The van der Waals surface area contributed by atoms with Crippen LogP contribution < -0.4 is 10.9 Å². The van der Waals surface area contributed by atoms with Crippen LogP contribution in [0.5, 0.6) is 0 Å². The van der Waals surface area contributed by atoms with Crippen molar-refractivity contribution in [1.82, 2.24) is 19.9 Å². The maximum Gasteiger partial charge on any atom is 0.253 e. The van der Waals surface area contributed by atoms with Gasteiger partial charge in [-0.15, -0.1) is 0 Å². The molecule has 0 unspecified atom stereocenters. The predicted molar refractivity (Wildman–Crippen MR) is 68.6 cm³/mol. The molecular formula is C12H16N4O2. The van der Waals surface area contributed by atoms with Crippen molar-refractivity contribution in [2.75, 3.05) is 6.54 Å². The molecule has 0 saturated carbocycles. The van der Waals surface area contributed by atoms with E-state index in [-0.39, 0.29) is 11.5 Å². The summed E-state index contributed by atoms with van der Waals surface area (Å²) in [5.41, 5.74) is 1.13. The largest absolute Gasteiger partial charge is 0.352 e. The quantitative estimate of drug-likeness (QED) is 0.785. The van der Waals surface area contributed by atoms with Crippen molar-refractivity contribution in [2.45, 2.75) is 19.8 Å². The number of imidazole rings is 1. The van der Waals surface area contributed by atoms with Crippen LogP contribution >= 0.6 is 0 Å². The maximum absolute atomic E-state index is 12.0. The molecule has 0 fully saturated rings. The van der Waals surface area contributed by atoms with Gasteiger partial charge in [0, 0.05) is 19.7 Å². The monoisotopic (exact) mass is 248 g/mol.